The number of aromatic nitrogens is 3. The molecule has 1 aliphatic carbocycles. The van der Waals surface area contributed by atoms with E-state index in [1.807, 2.05) is 0 Å². The molecule has 0 unspecified atom stereocenters. The molecule has 0 bridgehead atoms. The lowest BCUT2D eigenvalue weighted by atomic mass is 10.2. The Morgan fingerprint density at radius 2 is 1.72 bits per heavy atom. The number of benzene rings is 1. The summed E-state index contributed by atoms with van der Waals surface area (Å²) in [6.07, 6.45) is 1.86. The third-order valence-corrected chi connectivity index (χ3v) is 3.06. The molecule has 1 aliphatic rings. The minimum atomic E-state index is -1.50. The monoisotopic (exact) mass is 273 g/mol. The maximum absolute atomic E-state index is 13.2. The summed E-state index contributed by atoms with van der Waals surface area (Å²) < 4.78 is 40.6. The maximum Gasteiger partial charge on any atom is 0.229 e. The van der Waals surface area contributed by atoms with Crippen molar-refractivity contribution in [2.75, 3.05) is 0 Å². The van der Waals surface area contributed by atoms with E-state index in [4.69, 9.17) is 11.6 Å². The van der Waals surface area contributed by atoms with Crippen molar-refractivity contribution >= 4 is 11.6 Å². The van der Waals surface area contributed by atoms with Gasteiger partial charge in [0.2, 0.25) is 5.28 Å². The summed E-state index contributed by atoms with van der Waals surface area (Å²) in [5.41, 5.74) is 0.0864. The summed E-state index contributed by atoms with van der Waals surface area (Å²) in [4.78, 5) is 0. The predicted octanol–water partition coefficient (Wildman–Crippen LogP) is 3.22. The average molecular weight is 274 g/mol. The summed E-state index contributed by atoms with van der Waals surface area (Å²) in [5, 5.41) is 7.56. The molecule has 1 aromatic heterocycles. The largest absolute Gasteiger partial charge is 0.269 e. The lowest BCUT2D eigenvalue weighted by Gasteiger charge is -2.08. The number of hydrogen-bond donors (Lipinski definition) is 0. The van der Waals surface area contributed by atoms with E-state index in [-0.39, 0.29) is 16.9 Å². The molecule has 0 spiro atoms. The molecule has 0 radical (unpaired) electrons. The zero-order valence-electron chi connectivity index (χ0n) is 9.00. The van der Waals surface area contributed by atoms with Crippen LogP contribution in [-0.4, -0.2) is 14.8 Å². The smallest absolute Gasteiger partial charge is 0.229 e. The number of halogens is 4. The molecule has 1 heterocycles. The fourth-order valence-electron chi connectivity index (χ4n) is 1.79. The first-order valence-electron chi connectivity index (χ1n) is 5.33. The van der Waals surface area contributed by atoms with E-state index in [9.17, 15) is 13.2 Å². The van der Waals surface area contributed by atoms with E-state index in [1.54, 1.807) is 0 Å². The fraction of sp³-hybridized carbons (Fsp3) is 0.273. The van der Waals surface area contributed by atoms with Crippen LogP contribution in [0.1, 0.15) is 24.6 Å². The minimum absolute atomic E-state index is 0.00214. The summed E-state index contributed by atoms with van der Waals surface area (Å²) in [6, 6.07) is 1.75. The Hall–Kier alpha value is -1.56. The van der Waals surface area contributed by atoms with Crippen LogP contribution in [0.15, 0.2) is 12.1 Å². The van der Waals surface area contributed by atoms with Gasteiger partial charge in [0.15, 0.2) is 17.5 Å². The predicted molar refractivity (Wildman–Crippen MR) is 58.2 cm³/mol. The van der Waals surface area contributed by atoms with Crippen molar-refractivity contribution in [2.45, 2.75) is 18.8 Å². The molecule has 1 fully saturated rings. The third-order valence-electron chi connectivity index (χ3n) is 2.82. The van der Waals surface area contributed by atoms with Crippen molar-refractivity contribution < 1.29 is 13.2 Å². The van der Waals surface area contributed by atoms with Gasteiger partial charge in [-0.25, -0.2) is 13.2 Å². The van der Waals surface area contributed by atoms with Gasteiger partial charge in [-0.3, -0.25) is 4.57 Å². The molecule has 0 amide bonds. The summed E-state index contributed by atoms with van der Waals surface area (Å²) >= 11 is 5.85. The lowest BCUT2D eigenvalue weighted by Crippen LogP contribution is -2.03. The van der Waals surface area contributed by atoms with E-state index < -0.39 is 17.5 Å². The first-order chi connectivity index (χ1) is 8.58. The number of nitrogens with zero attached hydrogens (tertiary/aromatic N) is 3. The molecular formula is C11H7ClF3N3. The van der Waals surface area contributed by atoms with Crippen molar-refractivity contribution in [3.8, 4) is 5.69 Å². The second-order valence-electron chi connectivity index (χ2n) is 4.16. The molecule has 94 valence electrons. The van der Waals surface area contributed by atoms with Crippen molar-refractivity contribution in [3.05, 3.63) is 40.7 Å². The van der Waals surface area contributed by atoms with Crippen LogP contribution in [0.3, 0.4) is 0 Å². The van der Waals surface area contributed by atoms with Gasteiger partial charge in [0.25, 0.3) is 0 Å². The highest BCUT2D eigenvalue weighted by molar-refractivity contribution is 6.28. The Kier molecular flexibility index (Phi) is 2.55. The van der Waals surface area contributed by atoms with Gasteiger partial charge in [-0.05, 0) is 24.4 Å². The van der Waals surface area contributed by atoms with Gasteiger partial charge in [0.05, 0.1) is 5.69 Å². The lowest BCUT2D eigenvalue weighted by molar-refractivity contribution is 0.446. The Morgan fingerprint density at radius 1 is 1.11 bits per heavy atom. The summed E-state index contributed by atoms with van der Waals surface area (Å²) in [7, 11) is 0. The Morgan fingerprint density at radius 3 is 2.28 bits per heavy atom. The van der Waals surface area contributed by atoms with Crippen LogP contribution in [0.5, 0.6) is 0 Å². The van der Waals surface area contributed by atoms with Gasteiger partial charge in [0.1, 0.15) is 5.82 Å². The standard InChI is InChI=1S/C11H7ClF3N3/c12-11-17-16-10(5-1-2-5)18(11)6-3-7(13)9(15)8(14)4-6/h3-5H,1-2H2. The molecule has 3 nitrogen and oxygen atoms in total. The first-order valence-corrected chi connectivity index (χ1v) is 5.71. The molecular weight excluding hydrogens is 267 g/mol. The highest BCUT2D eigenvalue weighted by Crippen LogP contribution is 2.40. The zero-order valence-corrected chi connectivity index (χ0v) is 9.76. The molecule has 0 saturated heterocycles. The van der Waals surface area contributed by atoms with Crippen LogP contribution in [0, 0.1) is 17.5 Å². The summed E-state index contributed by atoms with van der Waals surface area (Å²) in [6.45, 7) is 0. The molecule has 0 atom stereocenters. The average Bonchev–Trinajstić information content (AvgIpc) is 3.09. The molecule has 2 aromatic rings. The van der Waals surface area contributed by atoms with Crippen molar-refractivity contribution in [1.29, 1.82) is 0 Å². The zero-order chi connectivity index (χ0) is 12.9. The van der Waals surface area contributed by atoms with Gasteiger partial charge in [-0.1, -0.05) is 0 Å². The fourth-order valence-corrected chi connectivity index (χ4v) is 2.01. The Labute approximate surface area is 105 Å². The van der Waals surface area contributed by atoms with Crippen LogP contribution in [0.25, 0.3) is 5.69 Å². The topological polar surface area (TPSA) is 30.7 Å². The van der Waals surface area contributed by atoms with Gasteiger partial charge >= 0.3 is 0 Å². The molecule has 18 heavy (non-hydrogen) atoms. The second kappa shape index (κ2) is 3.98. The molecule has 0 aliphatic heterocycles. The SMILES string of the molecule is Fc1cc(-n2c(Cl)nnc2C2CC2)cc(F)c1F. The van der Waals surface area contributed by atoms with E-state index in [2.05, 4.69) is 10.2 Å². The normalized spacial score (nSPS) is 15.1. The van der Waals surface area contributed by atoms with E-state index in [0.29, 0.717) is 5.82 Å². The van der Waals surface area contributed by atoms with E-state index >= 15 is 0 Å². The quantitative estimate of drug-likeness (QED) is 0.787. The van der Waals surface area contributed by atoms with Gasteiger partial charge in [-0.2, -0.15) is 0 Å². The number of rotatable bonds is 2. The van der Waals surface area contributed by atoms with Gasteiger partial charge in [-0.15, -0.1) is 10.2 Å². The van der Waals surface area contributed by atoms with Crippen molar-refractivity contribution in [1.82, 2.24) is 14.8 Å². The van der Waals surface area contributed by atoms with Crippen molar-refractivity contribution in [3.63, 3.8) is 0 Å². The Balaban J connectivity index is 2.17. The minimum Gasteiger partial charge on any atom is -0.269 e. The number of hydrogen-bond acceptors (Lipinski definition) is 2. The maximum atomic E-state index is 13.2. The van der Waals surface area contributed by atoms with Crippen LogP contribution in [0.4, 0.5) is 13.2 Å². The molecule has 7 heteroatoms. The summed E-state index contributed by atoms with van der Waals surface area (Å²) in [5.74, 6) is -3.30. The molecule has 1 aromatic carbocycles. The van der Waals surface area contributed by atoms with Crippen LogP contribution < -0.4 is 0 Å². The second-order valence-corrected chi connectivity index (χ2v) is 4.50. The Bertz CT molecular complexity index is 599. The van der Waals surface area contributed by atoms with Crippen molar-refractivity contribution in [2.24, 2.45) is 0 Å². The van der Waals surface area contributed by atoms with E-state index in [1.165, 1.54) is 4.57 Å². The highest BCUT2D eigenvalue weighted by Gasteiger charge is 2.31. The van der Waals surface area contributed by atoms with Gasteiger partial charge < -0.3 is 0 Å². The van der Waals surface area contributed by atoms with Gasteiger partial charge in [0, 0.05) is 18.1 Å². The first kappa shape index (κ1) is 11.5. The van der Waals surface area contributed by atoms with Crippen LogP contribution in [0.2, 0.25) is 5.28 Å². The molecule has 1 saturated carbocycles. The van der Waals surface area contributed by atoms with Crippen LogP contribution in [-0.2, 0) is 0 Å². The third kappa shape index (κ3) is 1.77. The van der Waals surface area contributed by atoms with Crippen LogP contribution >= 0.6 is 11.6 Å². The molecule has 0 N–H and O–H groups in total. The molecule has 3 rings (SSSR count). The highest BCUT2D eigenvalue weighted by atomic mass is 35.5. The van der Waals surface area contributed by atoms with E-state index in [0.717, 1.165) is 25.0 Å².